The van der Waals surface area contributed by atoms with Gasteiger partial charge in [-0.1, -0.05) is 111 Å². The molecule has 6 aromatic rings. The Labute approximate surface area is 199 Å². The Hall–Kier alpha value is -4.10. The van der Waals surface area contributed by atoms with Crippen molar-refractivity contribution in [2.75, 3.05) is 0 Å². The summed E-state index contributed by atoms with van der Waals surface area (Å²) in [5.41, 5.74) is 10.5. The molecule has 0 aliphatic heterocycles. The maximum Gasteiger partial charge on any atom is 0.0616 e. The second-order valence-electron chi connectivity index (χ2n) is 9.83. The lowest BCUT2D eigenvalue weighted by molar-refractivity contribution is 0.666. The molecule has 5 aromatic carbocycles. The minimum absolute atomic E-state index is 0.101. The first-order valence-electron chi connectivity index (χ1n) is 12.0. The molecule has 0 atom stereocenters. The van der Waals surface area contributed by atoms with Gasteiger partial charge in [0.2, 0.25) is 0 Å². The molecule has 1 heteroatoms. The third-order valence-electron chi connectivity index (χ3n) is 7.55. The van der Waals surface area contributed by atoms with E-state index in [1.54, 1.807) is 0 Å². The molecule has 0 spiro atoms. The van der Waals surface area contributed by atoms with Crippen LogP contribution in [0.1, 0.15) is 25.0 Å². The Morgan fingerprint density at radius 2 is 1.29 bits per heavy atom. The molecule has 0 fully saturated rings. The van der Waals surface area contributed by atoms with Crippen molar-refractivity contribution >= 4 is 21.7 Å². The van der Waals surface area contributed by atoms with Crippen molar-refractivity contribution < 1.29 is 0 Å². The van der Waals surface area contributed by atoms with Crippen molar-refractivity contribution in [2.24, 2.45) is 0 Å². The molecule has 162 valence electrons. The topological polar surface area (TPSA) is 4.93 Å². The molecule has 34 heavy (non-hydrogen) atoms. The fourth-order valence-electron chi connectivity index (χ4n) is 5.98. The van der Waals surface area contributed by atoms with E-state index in [-0.39, 0.29) is 5.41 Å². The predicted molar refractivity (Wildman–Crippen MR) is 144 cm³/mol. The van der Waals surface area contributed by atoms with Crippen molar-refractivity contribution in [2.45, 2.75) is 19.3 Å². The SMILES string of the molecule is CC1(C)c2cc(-c3ccccc3)ccc2-c2c1c1ccc3ccccc3c1n2-c1ccccc1. The van der Waals surface area contributed by atoms with Gasteiger partial charge in [0.25, 0.3) is 0 Å². The van der Waals surface area contributed by atoms with Crippen molar-refractivity contribution in [3.63, 3.8) is 0 Å². The van der Waals surface area contributed by atoms with Crippen LogP contribution in [0.5, 0.6) is 0 Å². The zero-order valence-electron chi connectivity index (χ0n) is 19.4. The lowest BCUT2D eigenvalue weighted by atomic mass is 9.80. The highest BCUT2D eigenvalue weighted by atomic mass is 15.0. The normalized spacial score (nSPS) is 13.8. The fourth-order valence-corrected chi connectivity index (χ4v) is 5.98. The van der Waals surface area contributed by atoms with E-state index in [0.717, 1.165) is 0 Å². The predicted octanol–water partition coefficient (Wildman–Crippen LogP) is 8.76. The Kier molecular flexibility index (Phi) is 3.96. The van der Waals surface area contributed by atoms with E-state index in [2.05, 4.69) is 134 Å². The van der Waals surface area contributed by atoms with E-state index in [4.69, 9.17) is 0 Å². The van der Waals surface area contributed by atoms with Crippen molar-refractivity contribution in [1.29, 1.82) is 0 Å². The summed E-state index contributed by atoms with van der Waals surface area (Å²) < 4.78 is 2.50. The number of aromatic nitrogens is 1. The van der Waals surface area contributed by atoms with E-state index >= 15 is 0 Å². The average Bonchev–Trinajstić information content (AvgIpc) is 3.36. The summed E-state index contributed by atoms with van der Waals surface area (Å²) in [4.78, 5) is 0. The van der Waals surface area contributed by atoms with Gasteiger partial charge in [-0.05, 0) is 45.8 Å². The molecule has 0 amide bonds. The Balaban J connectivity index is 1.62. The minimum atomic E-state index is -0.101. The highest BCUT2D eigenvalue weighted by Crippen LogP contribution is 2.55. The third-order valence-corrected chi connectivity index (χ3v) is 7.55. The Morgan fingerprint density at radius 1 is 0.588 bits per heavy atom. The zero-order valence-corrected chi connectivity index (χ0v) is 19.4. The highest BCUT2D eigenvalue weighted by molar-refractivity contribution is 6.12. The summed E-state index contributed by atoms with van der Waals surface area (Å²) in [7, 11) is 0. The second kappa shape index (κ2) is 6.95. The quantitative estimate of drug-likeness (QED) is 0.256. The summed E-state index contributed by atoms with van der Waals surface area (Å²) in [6, 6.07) is 41.9. The number of nitrogens with zero attached hydrogens (tertiary/aromatic N) is 1. The van der Waals surface area contributed by atoms with Gasteiger partial charge >= 0.3 is 0 Å². The van der Waals surface area contributed by atoms with Crippen LogP contribution in [0.25, 0.3) is 49.7 Å². The van der Waals surface area contributed by atoms with Crippen LogP contribution in [0.15, 0.2) is 115 Å². The van der Waals surface area contributed by atoms with Crippen molar-refractivity contribution in [3.8, 4) is 28.1 Å². The molecule has 1 aliphatic carbocycles. The monoisotopic (exact) mass is 435 g/mol. The average molecular weight is 436 g/mol. The number of rotatable bonds is 2. The van der Waals surface area contributed by atoms with E-state index in [1.807, 2.05) is 0 Å². The molecule has 0 bridgehead atoms. The van der Waals surface area contributed by atoms with Gasteiger partial charge in [0.05, 0.1) is 11.2 Å². The van der Waals surface area contributed by atoms with Crippen LogP contribution in [0.2, 0.25) is 0 Å². The largest absolute Gasteiger partial charge is 0.308 e. The van der Waals surface area contributed by atoms with Crippen LogP contribution < -0.4 is 0 Å². The molecule has 0 saturated heterocycles. The van der Waals surface area contributed by atoms with Crippen LogP contribution in [-0.2, 0) is 5.41 Å². The van der Waals surface area contributed by atoms with Crippen LogP contribution in [0.4, 0.5) is 0 Å². The lowest BCUT2D eigenvalue weighted by Gasteiger charge is -2.22. The van der Waals surface area contributed by atoms with Gasteiger partial charge in [-0.25, -0.2) is 0 Å². The van der Waals surface area contributed by atoms with Gasteiger partial charge in [0, 0.05) is 27.4 Å². The van der Waals surface area contributed by atoms with E-state index in [0.29, 0.717) is 0 Å². The van der Waals surface area contributed by atoms with Crippen LogP contribution in [0, 0.1) is 0 Å². The summed E-state index contributed by atoms with van der Waals surface area (Å²) in [5, 5.41) is 3.93. The molecule has 0 N–H and O–H groups in total. The number of hydrogen-bond donors (Lipinski definition) is 0. The van der Waals surface area contributed by atoms with Gasteiger partial charge in [-0.15, -0.1) is 0 Å². The molecule has 1 aromatic heterocycles. The maximum atomic E-state index is 2.50. The molecular weight excluding hydrogens is 410 g/mol. The molecular formula is C33H25N. The number of hydrogen-bond acceptors (Lipinski definition) is 0. The van der Waals surface area contributed by atoms with E-state index in [1.165, 1.54) is 60.9 Å². The summed E-state index contributed by atoms with van der Waals surface area (Å²) in [5.74, 6) is 0. The summed E-state index contributed by atoms with van der Waals surface area (Å²) >= 11 is 0. The smallest absolute Gasteiger partial charge is 0.0616 e. The highest BCUT2D eigenvalue weighted by Gasteiger charge is 2.41. The first-order chi connectivity index (χ1) is 16.6. The molecule has 1 aliphatic rings. The molecule has 0 unspecified atom stereocenters. The number of benzene rings is 5. The standard InChI is InChI=1S/C33H25N/c1-33(2)29-21-24(22-11-5-3-6-12-22)18-19-27(29)32-30(33)28-20-17-23-13-9-10-16-26(23)31(28)34(32)25-14-7-4-8-15-25/h3-21H,1-2H3. The van der Waals surface area contributed by atoms with Crippen LogP contribution in [-0.4, -0.2) is 4.57 Å². The minimum Gasteiger partial charge on any atom is -0.308 e. The van der Waals surface area contributed by atoms with Gasteiger partial charge in [-0.2, -0.15) is 0 Å². The Morgan fingerprint density at radius 3 is 2.09 bits per heavy atom. The molecule has 7 rings (SSSR count). The fraction of sp³-hybridized carbons (Fsp3) is 0.0909. The Bertz CT molecular complexity index is 1700. The van der Waals surface area contributed by atoms with Crippen molar-refractivity contribution in [1.82, 2.24) is 4.57 Å². The molecule has 1 heterocycles. The van der Waals surface area contributed by atoms with E-state index in [9.17, 15) is 0 Å². The number of para-hydroxylation sites is 1. The van der Waals surface area contributed by atoms with Crippen LogP contribution >= 0.6 is 0 Å². The van der Waals surface area contributed by atoms with E-state index < -0.39 is 0 Å². The lowest BCUT2D eigenvalue weighted by Crippen LogP contribution is -2.15. The van der Waals surface area contributed by atoms with Gasteiger partial charge in [-0.3, -0.25) is 0 Å². The van der Waals surface area contributed by atoms with Gasteiger partial charge in [0.1, 0.15) is 0 Å². The second-order valence-corrected chi connectivity index (χ2v) is 9.83. The molecule has 0 radical (unpaired) electrons. The van der Waals surface area contributed by atoms with Gasteiger partial charge in [0.15, 0.2) is 0 Å². The third kappa shape index (κ3) is 2.55. The van der Waals surface area contributed by atoms with Crippen molar-refractivity contribution in [3.05, 3.63) is 126 Å². The maximum absolute atomic E-state index is 2.50. The molecule has 0 saturated carbocycles. The number of fused-ring (bicyclic) bond motifs is 7. The first-order valence-corrected chi connectivity index (χ1v) is 12.0. The zero-order chi connectivity index (χ0) is 22.9. The summed E-state index contributed by atoms with van der Waals surface area (Å²) in [6.45, 7) is 4.77. The first kappa shape index (κ1) is 19.4. The molecule has 1 nitrogen and oxygen atoms in total. The summed E-state index contributed by atoms with van der Waals surface area (Å²) in [6.07, 6.45) is 0. The van der Waals surface area contributed by atoms with Crippen LogP contribution in [0.3, 0.4) is 0 Å². The van der Waals surface area contributed by atoms with Gasteiger partial charge < -0.3 is 4.57 Å².